The molecule has 0 aliphatic heterocycles. The molecule has 0 unspecified atom stereocenters. The Kier molecular flexibility index (Phi) is 4.35. The number of rotatable bonds is 3. The molecule has 1 aromatic carbocycles. The van der Waals surface area contributed by atoms with Crippen LogP contribution in [0, 0.1) is 20.8 Å². The standard InChI is InChI=1S/C16H18N2OS/c1-11-9-13(3)14(10-12(11)2)5-6-15(19)18(4)16-17-7-8-20-16/h5-10H,1-4H3/b6-5+. The molecule has 0 aliphatic carbocycles. The van der Waals surface area contributed by atoms with Crippen LogP contribution >= 0.6 is 11.3 Å². The zero-order chi connectivity index (χ0) is 14.7. The zero-order valence-electron chi connectivity index (χ0n) is 12.2. The van der Waals surface area contributed by atoms with E-state index in [1.54, 1.807) is 24.2 Å². The molecule has 0 atom stereocenters. The number of amides is 1. The Bertz CT molecular complexity index is 645. The summed E-state index contributed by atoms with van der Waals surface area (Å²) in [7, 11) is 1.73. The van der Waals surface area contributed by atoms with Crippen LogP contribution in [0.5, 0.6) is 0 Å². The predicted molar refractivity (Wildman–Crippen MR) is 85.2 cm³/mol. The molecular weight excluding hydrogens is 268 g/mol. The van der Waals surface area contributed by atoms with Crippen LogP contribution < -0.4 is 4.90 Å². The maximum atomic E-state index is 12.1. The maximum Gasteiger partial charge on any atom is 0.252 e. The second-order valence-corrected chi connectivity index (χ2v) is 5.71. The lowest BCUT2D eigenvalue weighted by molar-refractivity contribution is -0.113. The van der Waals surface area contributed by atoms with E-state index in [0.717, 1.165) is 5.56 Å². The smallest absolute Gasteiger partial charge is 0.252 e. The van der Waals surface area contributed by atoms with Gasteiger partial charge in [0.2, 0.25) is 0 Å². The predicted octanol–water partition coefficient (Wildman–Crippen LogP) is 3.74. The molecule has 104 valence electrons. The molecule has 2 aromatic rings. The summed E-state index contributed by atoms with van der Waals surface area (Å²) in [5.74, 6) is -0.0717. The molecule has 2 rings (SSSR count). The molecule has 1 heterocycles. The van der Waals surface area contributed by atoms with Gasteiger partial charge in [0.15, 0.2) is 5.13 Å². The van der Waals surface area contributed by atoms with E-state index in [-0.39, 0.29) is 5.91 Å². The number of likely N-dealkylation sites (N-methyl/N-ethyl adjacent to an activating group) is 1. The van der Waals surface area contributed by atoms with Gasteiger partial charge >= 0.3 is 0 Å². The van der Waals surface area contributed by atoms with Crippen molar-refractivity contribution >= 4 is 28.5 Å². The van der Waals surface area contributed by atoms with Crippen LogP contribution in [0.4, 0.5) is 5.13 Å². The van der Waals surface area contributed by atoms with Crippen molar-refractivity contribution in [3.63, 3.8) is 0 Å². The highest BCUT2D eigenvalue weighted by Gasteiger charge is 2.09. The van der Waals surface area contributed by atoms with Gasteiger partial charge in [-0.05, 0) is 49.1 Å². The summed E-state index contributed by atoms with van der Waals surface area (Å²) in [6.07, 6.45) is 5.16. The minimum absolute atomic E-state index is 0.0717. The molecule has 3 nitrogen and oxygen atoms in total. The van der Waals surface area contributed by atoms with Crippen LogP contribution in [-0.2, 0) is 4.79 Å². The third kappa shape index (κ3) is 3.14. The highest BCUT2D eigenvalue weighted by Crippen LogP contribution is 2.18. The molecule has 1 amide bonds. The van der Waals surface area contributed by atoms with Gasteiger partial charge in [0, 0.05) is 24.7 Å². The highest BCUT2D eigenvalue weighted by molar-refractivity contribution is 7.13. The van der Waals surface area contributed by atoms with Gasteiger partial charge in [0.25, 0.3) is 5.91 Å². The topological polar surface area (TPSA) is 33.2 Å². The normalized spacial score (nSPS) is 11.0. The first-order valence-electron chi connectivity index (χ1n) is 6.42. The van der Waals surface area contributed by atoms with Gasteiger partial charge in [0.05, 0.1) is 0 Å². The van der Waals surface area contributed by atoms with E-state index in [4.69, 9.17) is 0 Å². The van der Waals surface area contributed by atoms with Crippen molar-refractivity contribution in [3.8, 4) is 0 Å². The summed E-state index contributed by atoms with van der Waals surface area (Å²) in [4.78, 5) is 17.8. The van der Waals surface area contributed by atoms with Crippen LogP contribution in [0.1, 0.15) is 22.3 Å². The van der Waals surface area contributed by atoms with Crippen molar-refractivity contribution < 1.29 is 4.79 Å². The van der Waals surface area contributed by atoms with E-state index in [1.165, 1.54) is 28.0 Å². The van der Waals surface area contributed by atoms with E-state index < -0.39 is 0 Å². The highest BCUT2D eigenvalue weighted by atomic mass is 32.1. The first-order chi connectivity index (χ1) is 9.49. The molecule has 0 bridgehead atoms. The largest absolute Gasteiger partial charge is 0.288 e. The van der Waals surface area contributed by atoms with Crippen LogP contribution in [-0.4, -0.2) is 17.9 Å². The van der Waals surface area contributed by atoms with Gasteiger partial charge in [-0.15, -0.1) is 11.3 Å². The number of carbonyl (C=O) groups excluding carboxylic acids is 1. The molecule has 0 radical (unpaired) electrons. The molecular formula is C16H18N2OS. The lowest BCUT2D eigenvalue weighted by Crippen LogP contribution is -2.23. The fourth-order valence-corrected chi connectivity index (χ4v) is 2.52. The van der Waals surface area contributed by atoms with Crippen molar-refractivity contribution in [3.05, 3.63) is 52.0 Å². The summed E-state index contributed by atoms with van der Waals surface area (Å²) in [6.45, 7) is 6.23. The van der Waals surface area contributed by atoms with Crippen LogP contribution in [0.25, 0.3) is 6.08 Å². The second kappa shape index (κ2) is 6.01. The fraction of sp³-hybridized carbons (Fsp3) is 0.250. The van der Waals surface area contributed by atoms with Crippen molar-refractivity contribution in [2.45, 2.75) is 20.8 Å². The Balaban J connectivity index is 2.17. The summed E-state index contributed by atoms with van der Waals surface area (Å²) in [5.41, 5.74) is 4.75. The Hall–Kier alpha value is -1.94. The number of aryl methyl sites for hydroxylation is 3. The third-order valence-electron chi connectivity index (χ3n) is 3.32. The minimum atomic E-state index is -0.0717. The van der Waals surface area contributed by atoms with Gasteiger partial charge in [-0.3, -0.25) is 9.69 Å². The first kappa shape index (κ1) is 14.5. The quantitative estimate of drug-likeness (QED) is 0.805. The molecule has 0 N–H and O–H groups in total. The van der Waals surface area contributed by atoms with Crippen LogP contribution in [0.3, 0.4) is 0 Å². The molecule has 0 aliphatic rings. The molecule has 0 fully saturated rings. The average Bonchev–Trinajstić information content (AvgIpc) is 2.94. The van der Waals surface area contributed by atoms with E-state index >= 15 is 0 Å². The van der Waals surface area contributed by atoms with Crippen molar-refractivity contribution in [1.29, 1.82) is 0 Å². The monoisotopic (exact) mass is 286 g/mol. The summed E-state index contributed by atoms with van der Waals surface area (Å²) < 4.78 is 0. The van der Waals surface area contributed by atoms with E-state index in [2.05, 4.69) is 37.9 Å². The third-order valence-corrected chi connectivity index (χ3v) is 4.17. The summed E-state index contributed by atoms with van der Waals surface area (Å²) in [5, 5.41) is 2.56. The number of anilines is 1. The van der Waals surface area contributed by atoms with Crippen LogP contribution in [0.15, 0.2) is 29.8 Å². The zero-order valence-corrected chi connectivity index (χ0v) is 13.0. The van der Waals surface area contributed by atoms with Gasteiger partial charge in [-0.1, -0.05) is 12.1 Å². The molecule has 1 aromatic heterocycles. The van der Waals surface area contributed by atoms with Gasteiger partial charge in [0.1, 0.15) is 0 Å². The van der Waals surface area contributed by atoms with Gasteiger partial charge in [-0.2, -0.15) is 0 Å². The molecule has 0 saturated heterocycles. The SMILES string of the molecule is Cc1cc(C)c(/C=C/C(=O)N(C)c2nccs2)cc1C. The Morgan fingerprint density at radius 1 is 1.20 bits per heavy atom. The number of aromatic nitrogens is 1. The molecule has 0 spiro atoms. The number of hydrogen-bond acceptors (Lipinski definition) is 3. The Morgan fingerprint density at radius 3 is 2.55 bits per heavy atom. The Morgan fingerprint density at radius 2 is 1.90 bits per heavy atom. The number of hydrogen-bond donors (Lipinski definition) is 0. The lowest BCUT2D eigenvalue weighted by Gasteiger charge is -2.11. The van der Waals surface area contributed by atoms with Gasteiger partial charge < -0.3 is 0 Å². The molecule has 0 saturated carbocycles. The minimum Gasteiger partial charge on any atom is -0.288 e. The van der Waals surface area contributed by atoms with Crippen molar-refractivity contribution in [2.75, 3.05) is 11.9 Å². The van der Waals surface area contributed by atoms with E-state index in [1.807, 2.05) is 11.5 Å². The number of benzene rings is 1. The van der Waals surface area contributed by atoms with Crippen LogP contribution in [0.2, 0.25) is 0 Å². The van der Waals surface area contributed by atoms with E-state index in [9.17, 15) is 4.79 Å². The Labute approximate surface area is 123 Å². The van der Waals surface area contributed by atoms with Crippen molar-refractivity contribution in [1.82, 2.24) is 4.98 Å². The summed E-state index contributed by atoms with van der Waals surface area (Å²) >= 11 is 1.45. The first-order valence-corrected chi connectivity index (χ1v) is 7.30. The van der Waals surface area contributed by atoms with Gasteiger partial charge in [-0.25, -0.2) is 4.98 Å². The fourth-order valence-electron chi connectivity index (χ4n) is 1.91. The molecule has 20 heavy (non-hydrogen) atoms. The van der Waals surface area contributed by atoms with E-state index in [0.29, 0.717) is 5.13 Å². The molecule has 4 heteroatoms. The average molecular weight is 286 g/mol. The number of thiazole rings is 1. The van der Waals surface area contributed by atoms with Crippen molar-refractivity contribution in [2.24, 2.45) is 0 Å². The maximum absolute atomic E-state index is 12.1. The number of nitrogens with zero attached hydrogens (tertiary/aromatic N) is 2. The summed E-state index contributed by atoms with van der Waals surface area (Å²) in [6, 6.07) is 4.25. The number of carbonyl (C=O) groups is 1. The second-order valence-electron chi connectivity index (χ2n) is 4.84. The lowest BCUT2D eigenvalue weighted by atomic mass is 10.0.